The van der Waals surface area contributed by atoms with E-state index in [0.29, 0.717) is 33.5 Å². The molecule has 0 spiro atoms. The Hall–Kier alpha value is -1.61. The Bertz CT molecular complexity index is 928. The van der Waals surface area contributed by atoms with Crippen molar-refractivity contribution < 1.29 is 9.53 Å². The summed E-state index contributed by atoms with van der Waals surface area (Å²) in [6.07, 6.45) is 0. The molecule has 0 radical (unpaired) electrons. The molecule has 1 aromatic carbocycles. The number of carbonyl (C=O) groups is 1. The van der Waals surface area contributed by atoms with Crippen molar-refractivity contribution in [2.75, 3.05) is 13.7 Å². The molecular formula is C14H13ClN4O2S2. The average Bonchev–Trinajstić information content (AvgIpc) is 3.08. The number of amides is 1. The van der Waals surface area contributed by atoms with Crippen LogP contribution in [0.25, 0.3) is 10.2 Å². The SMILES string of the molecule is COCCn1c(=NC(=O)c2snnc2C)sc2cc(Cl)ccc21. The first-order chi connectivity index (χ1) is 11.1. The standard InChI is InChI=1S/C14H13ClN4O2S2/c1-8-12(23-18-17-8)13(20)16-14-19(5-6-21-2)10-4-3-9(15)7-11(10)22-14/h3-4,7H,5-6H2,1-2H3. The van der Waals surface area contributed by atoms with Gasteiger partial charge in [0.15, 0.2) is 4.80 Å². The van der Waals surface area contributed by atoms with Gasteiger partial charge < -0.3 is 9.30 Å². The molecule has 0 saturated heterocycles. The van der Waals surface area contributed by atoms with E-state index >= 15 is 0 Å². The van der Waals surface area contributed by atoms with Crippen molar-refractivity contribution in [3.05, 3.63) is 38.6 Å². The first-order valence-corrected chi connectivity index (χ1v) is 8.73. The van der Waals surface area contributed by atoms with Gasteiger partial charge in [-0.25, -0.2) is 0 Å². The van der Waals surface area contributed by atoms with Crippen LogP contribution in [0.5, 0.6) is 0 Å². The van der Waals surface area contributed by atoms with Crippen LogP contribution in [0, 0.1) is 6.92 Å². The number of carbonyl (C=O) groups excluding carboxylic acids is 1. The number of hydrogen-bond acceptors (Lipinski definition) is 6. The Labute approximate surface area is 145 Å². The summed E-state index contributed by atoms with van der Waals surface area (Å²) in [5.74, 6) is -0.332. The Morgan fingerprint density at radius 3 is 3.00 bits per heavy atom. The zero-order valence-electron chi connectivity index (χ0n) is 12.4. The number of benzene rings is 1. The normalized spacial score (nSPS) is 12.2. The second kappa shape index (κ2) is 6.88. The zero-order chi connectivity index (χ0) is 16.4. The largest absolute Gasteiger partial charge is 0.383 e. The minimum absolute atomic E-state index is 0.332. The van der Waals surface area contributed by atoms with Crippen LogP contribution >= 0.6 is 34.5 Å². The second-order valence-electron chi connectivity index (χ2n) is 4.75. The molecule has 9 heteroatoms. The number of fused-ring (bicyclic) bond motifs is 1. The monoisotopic (exact) mass is 368 g/mol. The Morgan fingerprint density at radius 2 is 2.30 bits per heavy atom. The highest BCUT2D eigenvalue weighted by atomic mass is 35.5. The van der Waals surface area contributed by atoms with Crippen molar-refractivity contribution in [2.45, 2.75) is 13.5 Å². The lowest BCUT2D eigenvalue weighted by molar-refractivity contribution is 0.100. The van der Waals surface area contributed by atoms with Gasteiger partial charge in [0.1, 0.15) is 4.88 Å². The topological polar surface area (TPSA) is 69.4 Å². The van der Waals surface area contributed by atoms with E-state index in [1.54, 1.807) is 14.0 Å². The third-order valence-electron chi connectivity index (χ3n) is 3.21. The van der Waals surface area contributed by atoms with E-state index < -0.39 is 0 Å². The number of thiazole rings is 1. The second-order valence-corrected chi connectivity index (χ2v) is 6.95. The van der Waals surface area contributed by atoms with Gasteiger partial charge in [-0.1, -0.05) is 27.4 Å². The molecule has 0 atom stereocenters. The van der Waals surface area contributed by atoms with Crippen LogP contribution in [0.3, 0.4) is 0 Å². The van der Waals surface area contributed by atoms with Crippen LogP contribution in [-0.4, -0.2) is 33.8 Å². The van der Waals surface area contributed by atoms with Crippen molar-refractivity contribution in [1.82, 2.24) is 14.2 Å². The molecule has 3 rings (SSSR count). The van der Waals surface area contributed by atoms with Gasteiger partial charge in [-0.3, -0.25) is 4.79 Å². The minimum Gasteiger partial charge on any atom is -0.383 e. The highest BCUT2D eigenvalue weighted by Crippen LogP contribution is 2.22. The van der Waals surface area contributed by atoms with Gasteiger partial charge in [0.05, 0.1) is 22.5 Å². The molecule has 3 aromatic rings. The summed E-state index contributed by atoms with van der Waals surface area (Å²) >= 11 is 8.53. The lowest BCUT2D eigenvalue weighted by Crippen LogP contribution is -2.19. The molecule has 1 amide bonds. The lowest BCUT2D eigenvalue weighted by atomic mass is 10.3. The van der Waals surface area contributed by atoms with E-state index in [2.05, 4.69) is 14.6 Å². The Kier molecular flexibility index (Phi) is 4.86. The fourth-order valence-electron chi connectivity index (χ4n) is 2.10. The maximum Gasteiger partial charge on any atom is 0.293 e. The molecule has 6 nitrogen and oxygen atoms in total. The zero-order valence-corrected chi connectivity index (χ0v) is 14.8. The molecule has 23 heavy (non-hydrogen) atoms. The summed E-state index contributed by atoms with van der Waals surface area (Å²) in [7, 11) is 1.64. The van der Waals surface area contributed by atoms with Gasteiger partial charge in [0, 0.05) is 18.7 Å². The molecular weight excluding hydrogens is 356 g/mol. The molecule has 120 valence electrons. The van der Waals surface area contributed by atoms with Crippen molar-refractivity contribution >= 4 is 50.6 Å². The highest BCUT2D eigenvalue weighted by Gasteiger charge is 2.14. The fraction of sp³-hybridized carbons (Fsp3) is 0.286. The predicted octanol–water partition coefficient (Wildman–Crippen LogP) is 2.90. The van der Waals surface area contributed by atoms with Crippen molar-refractivity contribution in [2.24, 2.45) is 4.99 Å². The van der Waals surface area contributed by atoms with E-state index in [0.717, 1.165) is 21.7 Å². The van der Waals surface area contributed by atoms with Crippen LogP contribution in [0.15, 0.2) is 23.2 Å². The van der Waals surface area contributed by atoms with Crippen LogP contribution in [0.2, 0.25) is 5.02 Å². The van der Waals surface area contributed by atoms with Crippen molar-refractivity contribution in [3.8, 4) is 0 Å². The third kappa shape index (κ3) is 3.35. The summed E-state index contributed by atoms with van der Waals surface area (Å²) in [5, 5.41) is 4.50. The number of ether oxygens (including phenoxy) is 1. The number of aromatic nitrogens is 3. The van der Waals surface area contributed by atoms with E-state index in [-0.39, 0.29) is 5.91 Å². The van der Waals surface area contributed by atoms with Gasteiger partial charge in [0.2, 0.25) is 0 Å². The van der Waals surface area contributed by atoms with Gasteiger partial charge in [-0.2, -0.15) is 4.99 Å². The van der Waals surface area contributed by atoms with E-state index in [1.807, 2.05) is 22.8 Å². The van der Waals surface area contributed by atoms with Gasteiger partial charge >= 0.3 is 0 Å². The number of hydrogen-bond donors (Lipinski definition) is 0. The van der Waals surface area contributed by atoms with Gasteiger partial charge in [-0.15, -0.1) is 5.10 Å². The molecule has 0 N–H and O–H groups in total. The lowest BCUT2D eigenvalue weighted by Gasteiger charge is -2.04. The number of nitrogens with zero attached hydrogens (tertiary/aromatic N) is 4. The molecule has 0 aliphatic rings. The van der Waals surface area contributed by atoms with E-state index in [9.17, 15) is 4.79 Å². The molecule has 0 unspecified atom stereocenters. The average molecular weight is 369 g/mol. The molecule has 2 aromatic heterocycles. The highest BCUT2D eigenvalue weighted by molar-refractivity contribution is 7.16. The molecule has 2 heterocycles. The quantitative estimate of drug-likeness (QED) is 0.710. The Balaban J connectivity index is 2.13. The first kappa shape index (κ1) is 16.3. The summed E-state index contributed by atoms with van der Waals surface area (Å²) in [4.78, 5) is 17.7. The van der Waals surface area contributed by atoms with E-state index in [4.69, 9.17) is 16.3 Å². The first-order valence-electron chi connectivity index (χ1n) is 6.76. The van der Waals surface area contributed by atoms with Gasteiger partial charge in [0.25, 0.3) is 5.91 Å². The smallest absolute Gasteiger partial charge is 0.293 e. The van der Waals surface area contributed by atoms with Crippen LogP contribution in [-0.2, 0) is 11.3 Å². The van der Waals surface area contributed by atoms with Crippen LogP contribution in [0.1, 0.15) is 15.4 Å². The number of aryl methyl sites for hydroxylation is 1. The molecule has 0 aliphatic heterocycles. The number of halogens is 1. The minimum atomic E-state index is -0.332. The summed E-state index contributed by atoms with van der Waals surface area (Å²) < 4.78 is 11.9. The maximum absolute atomic E-state index is 12.4. The Morgan fingerprint density at radius 1 is 1.48 bits per heavy atom. The molecule has 0 aliphatic carbocycles. The van der Waals surface area contributed by atoms with E-state index in [1.165, 1.54) is 11.3 Å². The summed E-state index contributed by atoms with van der Waals surface area (Å²) in [5.41, 5.74) is 1.57. The molecule has 0 bridgehead atoms. The van der Waals surface area contributed by atoms with Gasteiger partial charge in [-0.05, 0) is 36.7 Å². The fourth-order valence-corrected chi connectivity index (χ4v) is 3.97. The molecule has 0 saturated carbocycles. The number of methoxy groups -OCH3 is 1. The van der Waals surface area contributed by atoms with Crippen molar-refractivity contribution in [1.29, 1.82) is 0 Å². The predicted molar refractivity (Wildman–Crippen MR) is 91.2 cm³/mol. The van der Waals surface area contributed by atoms with Crippen molar-refractivity contribution in [3.63, 3.8) is 0 Å². The number of rotatable bonds is 4. The van der Waals surface area contributed by atoms with Crippen LogP contribution in [0.4, 0.5) is 0 Å². The summed E-state index contributed by atoms with van der Waals surface area (Å²) in [6, 6.07) is 5.61. The molecule has 0 fully saturated rings. The maximum atomic E-state index is 12.4. The summed E-state index contributed by atoms with van der Waals surface area (Å²) in [6.45, 7) is 2.87. The third-order valence-corrected chi connectivity index (χ3v) is 5.30. The van der Waals surface area contributed by atoms with Crippen LogP contribution < -0.4 is 4.80 Å².